The molecule has 2 saturated heterocycles. The van der Waals surface area contributed by atoms with E-state index in [0.29, 0.717) is 12.1 Å². The minimum absolute atomic E-state index is 0.161. The number of likely N-dealkylation sites (N-methyl/N-ethyl adjacent to an activating group) is 1. The molecule has 0 amide bonds. The summed E-state index contributed by atoms with van der Waals surface area (Å²) in [6, 6.07) is 0.754. The van der Waals surface area contributed by atoms with Crippen molar-refractivity contribution in [2.75, 3.05) is 20.6 Å². The average molecular weight is 350 g/mol. The van der Waals surface area contributed by atoms with E-state index in [0.717, 1.165) is 31.4 Å². The molecule has 0 N–H and O–H groups in total. The van der Waals surface area contributed by atoms with Gasteiger partial charge in [0, 0.05) is 43.9 Å². The molecule has 2 bridgehead atoms. The fraction of sp³-hybridized carbons (Fsp3) is 0.500. The van der Waals surface area contributed by atoms with Crippen LogP contribution in [0.25, 0.3) is 0 Å². The predicted molar refractivity (Wildman–Crippen MR) is 101 cm³/mol. The Labute approximate surface area is 155 Å². The van der Waals surface area contributed by atoms with E-state index < -0.39 is 5.60 Å². The number of allylic oxidation sites excluding steroid dienone is 5. The molecule has 4 nitrogen and oxygen atoms in total. The van der Waals surface area contributed by atoms with E-state index in [4.69, 9.17) is 4.74 Å². The van der Waals surface area contributed by atoms with Gasteiger partial charge < -0.3 is 9.64 Å². The van der Waals surface area contributed by atoms with Crippen molar-refractivity contribution >= 4 is 5.97 Å². The van der Waals surface area contributed by atoms with Gasteiger partial charge in [0.15, 0.2) is 5.60 Å². The lowest BCUT2D eigenvalue weighted by Gasteiger charge is -2.38. The molecule has 4 heteroatoms. The second kappa shape index (κ2) is 5.71. The molecule has 2 aliphatic carbocycles. The molecular formula is C22H26N2O2. The second-order valence-corrected chi connectivity index (χ2v) is 8.29. The average Bonchev–Trinajstić information content (AvgIpc) is 3.11. The molecule has 0 aromatic rings. The second-order valence-electron chi connectivity index (χ2n) is 8.29. The van der Waals surface area contributed by atoms with E-state index in [1.54, 1.807) is 6.08 Å². The van der Waals surface area contributed by atoms with Gasteiger partial charge in [0.1, 0.15) is 0 Å². The summed E-state index contributed by atoms with van der Waals surface area (Å²) >= 11 is 0. The SMILES string of the molecule is CN(C)C1=CCC(=CC2=CC3CC4(OC(=O)C=C24)C2CCCCN32)C=C1. The number of hydrogen-bond donors (Lipinski definition) is 0. The first-order chi connectivity index (χ1) is 12.6. The lowest BCUT2D eigenvalue weighted by atomic mass is 9.76. The number of piperidine rings is 1. The van der Waals surface area contributed by atoms with Crippen LogP contribution in [0, 0.1) is 0 Å². The fourth-order valence-electron chi connectivity index (χ4n) is 5.41. The highest BCUT2D eigenvalue weighted by Crippen LogP contribution is 2.54. The molecule has 5 aliphatic rings. The van der Waals surface area contributed by atoms with Crippen LogP contribution in [0.3, 0.4) is 0 Å². The Morgan fingerprint density at radius 2 is 2.19 bits per heavy atom. The summed E-state index contributed by atoms with van der Waals surface area (Å²) < 4.78 is 6.00. The van der Waals surface area contributed by atoms with Gasteiger partial charge in [-0.15, -0.1) is 0 Å². The Morgan fingerprint density at radius 1 is 1.31 bits per heavy atom. The van der Waals surface area contributed by atoms with E-state index in [1.165, 1.54) is 29.7 Å². The van der Waals surface area contributed by atoms with E-state index in [1.807, 2.05) is 0 Å². The number of esters is 1. The van der Waals surface area contributed by atoms with Crippen LogP contribution in [0.4, 0.5) is 0 Å². The molecule has 136 valence electrons. The topological polar surface area (TPSA) is 32.8 Å². The number of carbonyl (C=O) groups excluding carboxylic acids is 1. The van der Waals surface area contributed by atoms with Crippen LogP contribution >= 0.6 is 0 Å². The van der Waals surface area contributed by atoms with Gasteiger partial charge in [-0.25, -0.2) is 4.79 Å². The highest BCUT2D eigenvalue weighted by atomic mass is 16.6. The third-order valence-corrected chi connectivity index (χ3v) is 6.58. The summed E-state index contributed by atoms with van der Waals surface area (Å²) in [7, 11) is 4.14. The summed E-state index contributed by atoms with van der Waals surface area (Å²) in [4.78, 5) is 16.9. The standard InChI is InChI=1S/C22H26N2O2/c1-23(2)17-8-6-15(7-9-17)11-16-12-18-14-22(19(16)13-21(25)26-22)20-5-3-4-10-24(18)20/h6,8-9,11-13,18,20H,3-5,7,10,14H2,1-2H3. The summed E-state index contributed by atoms with van der Waals surface area (Å²) in [5.41, 5.74) is 4.45. The van der Waals surface area contributed by atoms with Crippen molar-refractivity contribution in [2.45, 2.75) is 49.8 Å². The zero-order valence-electron chi connectivity index (χ0n) is 15.6. The van der Waals surface area contributed by atoms with Gasteiger partial charge in [-0.05, 0) is 43.0 Å². The summed E-state index contributed by atoms with van der Waals surface area (Å²) in [5, 5.41) is 0. The Kier molecular flexibility index (Phi) is 3.54. The van der Waals surface area contributed by atoms with Crippen molar-refractivity contribution < 1.29 is 9.53 Å². The van der Waals surface area contributed by atoms with Crippen LogP contribution in [-0.2, 0) is 9.53 Å². The Hall–Kier alpha value is -2.07. The molecular weight excluding hydrogens is 324 g/mol. The van der Waals surface area contributed by atoms with Crippen LogP contribution in [0.15, 0.2) is 58.9 Å². The maximum atomic E-state index is 12.2. The molecule has 3 heterocycles. The molecule has 1 spiro atoms. The third-order valence-electron chi connectivity index (χ3n) is 6.58. The number of nitrogens with zero attached hydrogens (tertiary/aromatic N) is 2. The molecule has 3 unspecified atom stereocenters. The van der Waals surface area contributed by atoms with Crippen LogP contribution in [-0.4, -0.2) is 54.1 Å². The molecule has 2 fully saturated rings. The first-order valence-electron chi connectivity index (χ1n) is 9.76. The number of ether oxygens (including phenoxy) is 1. The highest BCUT2D eigenvalue weighted by molar-refractivity contribution is 5.89. The normalized spacial score (nSPS) is 36.9. The van der Waals surface area contributed by atoms with Gasteiger partial charge in [0.05, 0.1) is 6.04 Å². The largest absolute Gasteiger partial charge is 0.449 e. The van der Waals surface area contributed by atoms with Crippen molar-refractivity contribution in [1.82, 2.24) is 9.80 Å². The van der Waals surface area contributed by atoms with Gasteiger partial charge >= 0.3 is 5.97 Å². The van der Waals surface area contributed by atoms with E-state index in [2.05, 4.69) is 54.3 Å². The molecule has 3 aliphatic heterocycles. The van der Waals surface area contributed by atoms with Crippen molar-refractivity contribution in [2.24, 2.45) is 0 Å². The Balaban J connectivity index is 1.51. The maximum absolute atomic E-state index is 12.2. The zero-order valence-corrected chi connectivity index (χ0v) is 15.6. The Morgan fingerprint density at radius 3 is 2.96 bits per heavy atom. The third kappa shape index (κ3) is 2.28. The van der Waals surface area contributed by atoms with Gasteiger partial charge in [-0.3, -0.25) is 4.90 Å². The summed E-state index contributed by atoms with van der Waals surface area (Å²) in [6.07, 6.45) is 18.5. The summed E-state index contributed by atoms with van der Waals surface area (Å²) in [5.74, 6) is -0.161. The molecule has 0 aromatic carbocycles. The smallest absolute Gasteiger partial charge is 0.332 e. The van der Waals surface area contributed by atoms with E-state index in [-0.39, 0.29) is 5.97 Å². The molecule has 0 saturated carbocycles. The monoisotopic (exact) mass is 350 g/mol. The predicted octanol–water partition coefficient (Wildman–Crippen LogP) is 3.11. The highest BCUT2D eigenvalue weighted by Gasteiger charge is 2.61. The van der Waals surface area contributed by atoms with Gasteiger partial charge in [0.25, 0.3) is 0 Å². The van der Waals surface area contributed by atoms with Crippen molar-refractivity contribution in [1.29, 1.82) is 0 Å². The van der Waals surface area contributed by atoms with Gasteiger partial charge in [0.2, 0.25) is 0 Å². The lowest BCUT2D eigenvalue weighted by Crippen LogP contribution is -2.48. The minimum atomic E-state index is -0.396. The van der Waals surface area contributed by atoms with E-state index in [9.17, 15) is 4.79 Å². The van der Waals surface area contributed by atoms with Gasteiger partial charge in [-0.1, -0.05) is 30.7 Å². The minimum Gasteiger partial charge on any atom is -0.449 e. The van der Waals surface area contributed by atoms with E-state index >= 15 is 0 Å². The number of carbonyl (C=O) groups is 1. The van der Waals surface area contributed by atoms with Crippen molar-refractivity contribution in [3.05, 3.63) is 58.9 Å². The van der Waals surface area contributed by atoms with Crippen LogP contribution in [0.5, 0.6) is 0 Å². The van der Waals surface area contributed by atoms with Gasteiger partial charge in [-0.2, -0.15) is 0 Å². The molecule has 3 atom stereocenters. The molecule has 26 heavy (non-hydrogen) atoms. The quantitative estimate of drug-likeness (QED) is 0.717. The van der Waals surface area contributed by atoms with Crippen LogP contribution in [0.2, 0.25) is 0 Å². The number of hydrogen-bond acceptors (Lipinski definition) is 4. The number of fused-ring (bicyclic) bond motifs is 3. The van der Waals surface area contributed by atoms with Crippen LogP contribution < -0.4 is 0 Å². The Bertz CT molecular complexity index is 814. The number of rotatable bonds is 2. The fourth-order valence-corrected chi connectivity index (χ4v) is 5.41. The maximum Gasteiger partial charge on any atom is 0.332 e. The van der Waals surface area contributed by atoms with Crippen molar-refractivity contribution in [3.8, 4) is 0 Å². The summed E-state index contributed by atoms with van der Waals surface area (Å²) in [6.45, 7) is 1.12. The van der Waals surface area contributed by atoms with Crippen LogP contribution in [0.1, 0.15) is 32.1 Å². The zero-order chi connectivity index (χ0) is 17.9. The van der Waals surface area contributed by atoms with Crippen molar-refractivity contribution in [3.63, 3.8) is 0 Å². The lowest BCUT2D eigenvalue weighted by molar-refractivity contribution is -0.148. The molecule has 0 aromatic heterocycles. The molecule has 5 rings (SSSR count). The first kappa shape index (κ1) is 16.1. The molecule has 0 radical (unpaired) electrons. The first-order valence-corrected chi connectivity index (χ1v) is 9.76.